The van der Waals surface area contributed by atoms with Crippen molar-refractivity contribution in [3.8, 4) is 0 Å². The molecule has 0 aromatic carbocycles. The van der Waals surface area contributed by atoms with Gasteiger partial charge in [-0.2, -0.15) is 0 Å². The monoisotopic (exact) mass is 173 g/mol. The van der Waals surface area contributed by atoms with E-state index in [-0.39, 0.29) is 18.2 Å². The molecule has 2 unspecified atom stereocenters. The van der Waals surface area contributed by atoms with Gasteiger partial charge in [0.15, 0.2) is 5.96 Å². The minimum atomic E-state index is 0.0268. The fourth-order valence-corrected chi connectivity index (χ4v) is 1.39. The molecule has 3 N–H and O–H groups in total. The summed E-state index contributed by atoms with van der Waals surface area (Å²) >= 11 is 0. The minimum absolute atomic E-state index is 0.0268. The molecule has 0 bridgehead atoms. The summed E-state index contributed by atoms with van der Waals surface area (Å²) in [5.41, 5.74) is 5.33. The van der Waals surface area contributed by atoms with Crippen LogP contribution in [-0.2, 0) is 9.47 Å². The van der Waals surface area contributed by atoms with Crippen LogP contribution < -0.4 is 5.73 Å². The molecule has 5 nitrogen and oxygen atoms in total. The maximum atomic E-state index is 7.21. The number of likely N-dealkylation sites (tertiary alicyclic amines) is 1. The Morgan fingerprint density at radius 2 is 1.75 bits per heavy atom. The molecule has 0 saturated carbocycles. The highest BCUT2D eigenvalue weighted by molar-refractivity contribution is 5.75. The predicted octanol–water partition coefficient (Wildman–Crippen LogP) is -0.775. The van der Waals surface area contributed by atoms with E-state index in [2.05, 4.69) is 0 Å². The van der Waals surface area contributed by atoms with Gasteiger partial charge in [0, 0.05) is 27.3 Å². The number of guanidine groups is 1. The molecular weight excluding hydrogens is 158 g/mol. The van der Waals surface area contributed by atoms with Gasteiger partial charge in [0.1, 0.15) is 12.2 Å². The van der Waals surface area contributed by atoms with E-state index in [4.69, 9.17) is 20.6 Å². The minimum Gasteiger partial charge on any atom is -0.377 e. The first-order chi connectivity index (χ1) is 5.69. The third-order valence-electron chi connectivity index (χ3n) is 2.16. The fourth-order valence-electron chi connectivity index (χ4n) is 1.39. The number of nitrogens with one attached hydrogen (secondary N) is 1. The van der Waals surface area contributed by atoms with Crippen LogP contribution in [0.1, 0.15) is 0 Å². The number of nitrogens with two attached hydrogens (primary N) is 1. The van der Waals surface area contributed by atoms with Crippen molar-refractivity contribution in [2.75, 3.05) is 27.3 Å². The fraction of sp³-hybridized carbons (Fsp3) is 0.857. The van der Waals surface area contributed by atoms with Gasteiger partial charge in [-0.3, -0.25) is 5.41 Å². The van der Waals surface area contributed by atoms with Crippen molar-refractivity contribution in [1.29, 1.82) is 5.41 Å². The first-order valence-corrected chi connectivity index (χ1v) is 3.83. The van der Waals surface area contributed by atoms with Crippen molar-refractivity contribution in [3.63, 3.8) is 0 Å². The van der Waals surface area contributed by atoms with Gasteiger partial charge in [-0.1, -0.05) is 0 Å². The Hall–Kier alpha value is -0.810. The smallest absolute Gasteiger partial charge is 0.188 e. The lowest BCUT2D eigenvalue weighted by Gasteiger charge is -2.13. The maximum absolute atomic E-state index is 7.21. The van der Waals surface area contributed by atoms with E-state index < -0.39 is 0 Å². The molecule has 5 heteroatoms. The highest BCUT2D eigenvalue weighted by Crippen LogP contribution is 2.14. The number of nitrogens with zero attached hydrogens (tertiary/aromatic N) is 1. The molecule has 0 aromatic heterocycles. The van der Waals surface area contributed by atoms with Crippen LogP contribution >= 0.6 is 0 Å². The van der Waals surface area contributed by atoms with E-state index in [1.165, 1.54) is 0 Å². The number of hydrogen-bond donors (Lipinski definition) is 2. The van der Waals surface area contributed by atoms with Gasteiger partial charge >= 0.3 is 0 Å². The first-order valence-electron chi connectivity index (χ1n) is 3.83. The summed E-state index contributed by atoms with van der Waals surface area (Å²) in [6.45, 7) is 1.29. The van der Waals surface area contributed by atoms with Crippen molar-refractivity contribution in [1.82, 2.24) is 4.90 Å². The lowest BCUT2D eigenvalue weighted by molar-refractivity contribution is -0.00461. The van der Waals surface area contributed by atoms with Crippen LogP contribution in [0.2, 0.25) is 0 Å². The summed E-state index contributed by atoms with van der Waals surface area (Å²) in [5, 5.41) is 7.21. The molecule has 1 rings (SSSR count). The first kappa shape index (κ1) is 9.28. The molecule has 12 heavy (non-hydrogen) atoms. The van der Waals surface area contributed by atoms with Gasteiger partial charge in [0.25, 0.3) is 0 Å². The molecule has 1 heterocycles. The summed E-state index contributed by atoms with van der Waals surface area (Å²) in [5.74, 6) is 0.0802. The Labute approximate surface area is 71.9 Å². The topological polar surface area (TPSA) is 71.6 Å². The maximum Gasteiger partial charge on any atom is 0.188 e. The average Bonchev–Trinajstić information content (AvgIpc) is 2.46. The van der Waals surface area contributed by atoms with E-state index in [0.29, 0.717) is 13.1 Å². The van der Waals surface area contributed by atoms with Crippen LogP contribution in [0.15, 0.2) is 0 Å². The quantitative estimate of drug-likeness (QED) is 0.424. The molecule has 1 fully saturated rings. The summed E-state index contributed by atoms with van der Waals surface area (Å²) in [4.78, 5) is 1.74. The Bertz CT molecular complexity index is 162. The van der Waals surface area contributed by atoms with Crippen LogP contribution in [0.25, 0.3) is 0 Å². The Kier molecular flexibility index (Phi) is 2.88. The Morgan fingerprint density at radius 1 is 1.33 bits per heavy atom. The van der Waals surface area contributed by atoms with Crippen molar-refractivity contribution in [2.45, 2.75) is 12.2 Å². The van der Waals surface area contributed by atoms with Gasteiger partial charge in [-0.05, 0) is 0 Å². The number of methoxy groups -OCH3 is 2. The molecule has 0 radical (unpaired) electrons. The van der Waals surface area contributed by atoms with E-state index in [1.807, 2.05) is 0 Å². The highest BCUT2D eigenvalue weighted by atomic mass is 16.5. The average molecular weight is 173 g/mol. The molecule has 1 aliphatic rings. The standard InChI is InChI=1S/C7H15N3O2/c1-11-5-3-10(7(8)9)4-6(5)12-2/h5-6H,3-4H2,1-2H3,(H3,8,9). The SMILES string of the molecule is COC1CN(C(=N)N)CC1OC. The zero-order valence-electron chi connectivity index (χ0n) is 7.41. The van der Waals surface area contributed by atoms with E-state index in [1.54, 1.807) is 19.1 Å². The highest BCUT2D eigenvalue weighted by Gasteiger charge is 2.33. The van der Waals surface area contributed by atoms with Crippen molar-refractivity contribution >= 4 is 5.96 Å². The second-order valence-electron chi connectivity index (χ2n) is 2.84. The Morgan fingerprint density at radius 3 is 2.00 bits per heavy atom. The van der Waals surface area contributed by atoms with Gasteiger partial charge in [-0.25, -0.2) is 0 Å². The number of ether oxygens (including phenoxy) is 2. The Balaban J connectivity index is 2.53. The van der Waals surface area contributed by atoms with E-state index >= 15 is 0 Å². The molecule has 2 atom stereocenters. The van der Waals surface area contributed by atoms with Crippen molar-refractivity contribution in [3.05, 3.63) is 0 Å². The lowest BCUT2D eigenvalue weighted by atomic mass is 10.3. The van der Waals surface area contributed by atoms with Gasteiger partial charge in [0.05, 0.1) is 0 Å². The van der Waals surface area contributed by atoms with Crippen LogP contribution in [0, 0.1) is 5.41 Å². The van der Waals surface area contributed by atoms with E-state index in [0.717, 1.165) is 0 Å². The number of hydrogen-bond acceptors (Lipinski definition) is 3. The normalized spacial score (nSPS) is 29.3. The summed E-state index contributed by atoms with van der Waals surface area (Å²) in [6, 6.07) is 0. The molecule has 70 valence electrons. The van der Waals surface area contributed by atoms with Crippen LogP contribution in [0.3, 0.4) is 0 Å². The predicted molar refractivity (Wildman–Crippen MR) is 45.1 cm³/mol. The lowest BCUT2D eigenvalue weighted by Crippen LogP contribution is -2.35. The van der Waals surface area contributed by atoms with Gasteiger partial charge in [-0.15, -0.1) is 0 Å². The molecule has 0 spiro atoms. The van der Waals surface area contributed by atoms with Crippen LogP contribution in [0.4, 0.5) is 0 Å². The molecule has 0 aromatic rings. The van der Waals surface area contributed by atoms with Crippen molar-refractivity contribution < 1.29 is 9.47 Å². The molecule has 0 amide bonds. The number of rotatable bonds is 2. The zero-order valence-corrected chi connectivity index (χ0v) is 7.41. The molecule has 1 saturated heterocycles. The third kappa shape index (κ3) is 1.67. The van der Waals surface area contributed by atoms with Gasteiger partial charge < -0.3 is 20.1 Å². The summed E-state index contributed by atoms with van der Waals surface area (Å²) in [6.07, 6.45) is 0.0535. The van der Waals surface area contributed by atoms with Crippen molar-refractivity contribution in [2.24, 2.45) is 5.73 Å². The van der Waals surface area contributed by atoms with E-state index in [9.17, 15) is 0 Å². The van der Waals surface area contributed by atoms with Crippen LogP contribution in [0.5, 0.6) is 0 Å². The summed E-state index contributed by atoms with van der Waals surface area (Å²) < 4.78 is 10.4. The zero-order chi connectivity index (χ0) is 9.14. The third-order valence-corrected chi connectivity index (χ3v) is 2.16. The molecular formula is C7H15N3O2. The second-order valence-corrected chi connectivity index (χ2v) is 2.84. The molecule has 0 aliphatic carbocycles. The largest absolute Gasteiger partial charge is 0.377 e. The van der Waals surface area contributed by atoms with Crippen LogP contribution in [-0.4, -0.2) is 50.4 Å². The second kappa shape index (κ2) is 3.73. The van der Waals surface area contributed by atoms with Gasteiger partial charge in [0.2, 0.25) is 0 Å². The summed E-state index contributed by atoms with van der Waals surface area (Å²) in [7, 11) is 3.28. The molecule has 1 aliphatic heterocycles.